The molecule has 0 aliphatic carbocycles. The van der Waals surface area contributed by atoms with Crippen molar-refractivity contribution < 1.29 is 14.3 Å². The van der Waals surface area contributed by atoms with Crippen LogP contribution in [0.25, 0.3) is 0 Å². The van der Waals surface area contributed by atoms with Gasteiger partial charge in [0.1, 0.15) is 0 Å². The molecule has 2 aromatic carbocycles. The fraction of sp³-hybridized carbons (Fsp3) is 0.400. The molecule has 1 aliphatic rings. The van der Waals surface area contributed by atoms with Gasteiger partial charge in [-0.2, -0.15) is 0 Å². The average molecular weight is 424 g/mol. The van der Waals surface area contributed by atoms with Crippen LogP contribution >= 0.6 is 0 Å². The molecule has 1 unspecified atom stereocenters. The van der Waals surface area contributed by atoms with Crippen molar-refractivity contribution in [1.29, 1.82) is 0 Å². The zero-order chi connectivity index (χ0) is 21.8. The number of hydrogen-bond donors (Lipinski definition) is 1. The van der Waals surface area contributed by atoms with Gasteiger partial charge in [0.15, 0.2) is 0 Å². The first-order valence-electron chi connectivity index (χ1n) is 10.6. The van der Waals surface area contributed by atoms with Crippen molar-refractivity contribution in [3.05, 3.63) is 73.3 Å². The largest absolute Gasteiger partial charge is 0.405 e. The van der Waals surface area contributed by atoms with Crippen molar-refractivity contribution >= 4 is 24.6 Å². The summed E-state index contributed by atoms with van der Waals surface area (Å²) >= 11 is 0. The van der Waals surface area contributed by atoms with Gasteiger partial charge in [0.05, 0.1) is 18.8 Å². The van der Waals surface area contributed by atoms with Gasteiger partial charge < -0.3 is 14.4 Å². The number of aliphatic hydroxyl groups is 1. The SMILES string of the molecule is C=C[C@H](CO[Si](c1ccccc1)(c1ccccc1)C(C)(C)C)N1CC(O)CCC1=O. The molecule has 0 saturated carbocycles. The Bertz CT molecular complexity index is 808. The molecule has 2 atom stereocenters. The van der Waals surface area contributed by atoms with E-state index < -0.39 is 14.4 Å². The van der Waals surface area contributed by atoms with Crippen LogP contribution in [0.15, 0.2) is 73.3 Å². The quantitative estimate of drug-likeness (QED) is 0.550. The lowest BCUT2D eigenvalue weighted by atomic mass is 10.1. The molecule has 4 nitrogen and oxygen atoms in total. The molecule has 0 bridgehead atoms. The van der Waals surface area contributed by atoms with Crippen molar-refractivity contribution in [3.63, 3.8) is 0 Å². The lowest BCUT2D eigenvalue weighted by molar-refractivity contribution is -0.139. The Balaban J connectivity index is 2.01. The Labute approximate surface area is 181 Å². The molecule has 1 saturated heterocycles. The maximum Gasteiger partial charge on any atom is 0.261 e. The van der Waals surface area contributed by atoms with E-state index in [2.05, 4.69) is 75.9 Å². The number of aliphatic hydroxyl groups excluding tert-OH is 1. The molecule has 1 heterocycles. The summed E-state index contributed by atoms with van der Waals surface area (Å²) in [6, 6.07) is 20.6. The molecule has 1 aliphatic heterocycles. The fourth-order valence-electron chi connectivity index (χ4n) is 4.43. The van der Waals surface area contributed by atoms with Gasteiger partial charge in [0.2, 0.25) is 5.91 Å². The van der Waals surface area contributed by atoms with Gasteiger partial charge in [-0.3, -0.25) is 4.79 Å². The van der Waals surface area contributed by atoms with Crippen LogP contribution in [0, 0.1) is 0 Å². The molecular weight excluding hydrogens is 390 g/mol. The molecule has 1 N–H and O–H groups in total. The van der Waals surface area contributed by atoms with E-state index in [-0.39, 0.29) is 17.0 Å². The van der Waals surface area contributed by atoms with Crippen LogP contribution in [0.2, 0.25) is 5.04 Å². The van der Waals surface area contributed by atoms with Crippen molar-refractivity contribution in [2.45, 2.75) is 50.8 Å². The standard InChI is InChI=1S/C25H33NO3Si/c1-5-20(26-18-21(27)16-17-24(26)28)19-29-30(25(2,3)4,22-12-8-6-9-13-22)23-14-10-7-11-15-23/h5-15,20-21,27H,1,16-19H2,2-4H3/t20-,21?/m1/s1. The zero-order valence-electron chi connectivity index (χ0n) is 18.3. The van der Waals surface area contributed by atoms with Crippen molar-refractivity contribution in [3.8, 4) is 0 Å². The van der Waals surface area contributed by atoms with E-state index in [1.54, 1.807) is 11.0 Å². The van der Waals surface area contributed by atoms with Gasteiger partial charge in [0.25, 0.3) is 8.32 Å². The van der Waals surface area contributed by atoms with Gasteiger partial charge >= 0.3 is 0 Å². The third-order valence-electron chi connectivity index (χ3n) is 5.98. The number of nitrogens with zero attached hydrogens (tertiary/aromatic N) is 1. The molecule has 5 heteroatoms. The number of carbonyl (C=O) groups excluding carboxylic acids is 1. The molecule has 3 rings (SSSR count). The van der Waals surface area contributed by atoms with E-state index in [9.17, 15) is 9.90 Å². The van der Waals surface area contributed by atoms with Gasteiger partial charge in [-0.05, 0) is 21.8 Å². The number of amides is 1. The fourth-order valence-corrected chi connectivity index (χ4v) is 9.01. The van der Waals surface area contributed by atoms with E-state index in [0.29, 0.717) is 26.0 Å². The van der Waals surface area contributed by atoms with E-state index in [0.717, 1.165) is 0 Å². The van der Waals surface area contributed by atoms with Crippen LogP contribution in [0.1, 0.15) is 33.6 Å². The smallest absolute Gasteiger partial charge is 0.261 e. The molecule has 1 amide bonds. The van der Waals surface area contributed by atoms with E-state index in [1.165, 1.54) is 10.4 Å². The first-order chi connectivity index (χ1) is 14.3. The predicted octanol–water partition coefficient (Wildman–Crippen LogP) is 3.10. The Kier molecular flexibility index (Phi) is 6.96. The topological polar surface area (TPSA) is 49.8 Å². The minimum atomic E-state index is -2.68. The van der Waals surface area contributed by atoms with E-state index in [4.69, 9.17) is 4.43 Å². The third-order valence-corrected chi connectivity index (χ3v) is 11.0. The maximum absolute atomic E-state index is 12.5. The molecule has 0 spiro atoms. The summed E-state index contributed by atoms with van der Waals surface area (Å²) < 4.78 is 6.95. The highest BCUT2D eigenvalue weighted by molar-refractivity contribution is 6.99. The number of rotatable bonds is 7. The van der Waals surface area contributed by atoms with Gasteiger partial charge in [0, 0.05) is 13.0 Å². The number of carbonyl (C=O) groups is 1. The summed E-state index contributed by atoms with van der Waals surface area (Å²) in [6.07, 6.45) is 2.17. The monoisotopic (exact) mass is 423 g/mol. The average Bonchev–Trinajstić information content (AvgIpc) is 2.74. The highest BCUT2D eigenvalue weighted by Crippen LogP contribution is 2.37. The van der Waals surface area contributed by atoms with Crippen LogP contribution in [-0.2, 0) is 9.22 Å². The third kappa shape index (κ3) is 4.43. The lowest BCUT2D eigenvalue weighted by Crippen LogP contribution is -2.67. The number of β-amino-alcohol motifs (C(OH)–C–C–N with tert-alkyl or cyclic N) is 1. The molecule has 160 valence electrons. The Morgan fingerprint density at radius 3 is 2.13 bits per heavy atom. The summed E-state index contributed by atoms with van der Waals surface area (Å²) in [6.45, 7) is 11.4. The summed E-state index contributed by atoms with van der Waals surface area (Å²) in [5.41, 5.74) is 0. The molecule has 2 aromatic rings. The zero-order valence-corrected chi connectivity index (χ0v) is 19.3. The van der Waals surface area contributed by atoms with Gasteiger partial charge in [-0.25, -0.2) is 0 Å². The Hall–Kier alpha value is -2.21. The molecule has 30 heavy (non-hydrogen) atoms. The number of likely N-dealkylation sites (tertiary alicyclic amines) is 1. The van der Waals surface area contributed by atoms with Gasteiger partial charge in [-0.15, -0.1) is 6.58 Å². The molecular formula is C25H33NO3Si. The molecule has 1 fully saturated rings. The van der Waals surface area contributed by atoms with E-state index >= 15 is 0 Å². The van der Waals surface area contributed by atoms with Crippen LogP contribution in [0.3, 0.4) is 0 Å². The minimum absolute atomic E-state index is 0.0521. The second-order valence-electron chi connectivity index (χ2n) is 9.02. The van der Waals surface area contributed by atoms with Gasteiger partial charge in [-0.1, -0.05) is 87.5 Å². The second kappa shape index (κ2) is 9.29. The second-order valence-corrected chi connectivity index (χ2v) is 13.3. The highest BCUT2D eigenvalue weighted by Gasteiger charge is 2.50. The first-order valence-corrected chi connectivity index (χ1v) is 12.6. The minimum Gasteiger partial charge on any atom is -0.405 e. The van der Waals surface area contributed by atoms with E-state index in [1.807, 2.05) is 12.1 Å². The van der Waals surface area contributed by atoms with Crippen molar-refractivity contribution in [1.82, 2.24) is 4.90 Å². The number of piperidine rings is 1. The van der Waals surface area contributed by atoms with Crippen LogP contribution < -0.4 is 10.4 Å². The normalized spacial score (nSPS) is 18.9. The van der Waals surface area contributed by atoms with Crippen LogP contribution in [0.5, 0.6) is 0 Å². The Morgan fingerprint density at radius 2 is 1.67 bits per heavy atom. The van der Waals surface area contributed by atoms with Crippen molar-refractivity contribution in [2.24, 2.45) is 0 Å². The number of benzene rings is 2. The molecule has 0 aromatic heterocycles. The van der Waals surface area contributed by atoms with Crippen molar-refractivity contribution in [2.75, 3.05) is 13.2 Å². The summed E-state index contributed by atoms with van der Waals surface area (Å²) in [7, 11) is -2.68. The van der Waals surface area contributed by atoms with Crippen LogP contribution in [0.4, 0.5) is 0 Å². The summed E-state index contributed by atoms with van der Waals surface area (Å²) in [4.78, 5) is 14.2. The van der Waals surface area contributed by atoms with Crippen LogP contribution in [-0.4, -0.2) is 49.5 Å². The lowest BCUT2D eigenvalue weighted by Gasteiger charge is -2.44. The first kappa shape index (κ1) is 22.5. The predicted molar refractivity (Wildman–Crippen MR) is 125 cm³/mol. The number of hydrogen-bond acceptors (Lipinski definition) is 3. The molecule has 0 radical (unpaired) electrons. The summed E-state index contributed by atoms with van der Waals surface area (Å²) in [5.74, 6) is 0.0521. The highest BCUT2D eigenvalue weighted by atomic mass is 28.4. The summed E-state index contributed by atoms with van der Waals surface area (Å²) in [5, 5.41) is 12.4. The maximum atomic E-state index is 12.5. The Morgan fingerprint density at radius 1 is 1.13 bits per heavy atom.